The van der Waals surface area contributed by atoms with Gasteiger partial charge in [0.1, 0.15) is 24.4 Å². The van der Waals surface area contributed by atoms with E-state index in [2.05, 4.69) is 20.7 Å². The number of hydrogen-bond donors (Lipinski definition) is 2. The Hall–Kier alpha value is -3.39. The molecule has 1 aromatic heterocycles. The second-order valence-corrected chi connectivity index (χ2v) is 6.35. The average molecular weight is 400 g/mol. The normalized spacial score (nSPS) is 11.5. The number of carbonyl (C=O) groups excluding carboxylic acids is 2. The van der Waals surface area contributed by atoms with E-state index in [9.17, 15) is 9.59 Å². The van der Waals surface area contributed by atoms with Crippen molar-refractivity contribution in [3.63, 3.8) is 0 Å². The van der Waals surface area contributed by atoms with E-state index in [4.69, 9.17) is 16.3 Å². The molecule has 0 saturated carbocycles. The molecule has 0 aliphatic rings. The Balaban J connectivity index is 1.65. The van der Waals surface area contributed by atoms with Crippen molar-refractivity contribution in [1.29, 1.82) is 0 Å². The first-order valence-electron chi connectivity index (χ1n) is 8.38. The Morgan fingerprint density at radius 3 is 2.39 bits per heavy atom. The van der Waals surface area contributed by atoms with Gasteiger partial charge in [-0.15, -0.1) is 0 Å². The van der Waals surface area contributed by atoms with Crippen molar-refractivity contribution >= 4 is 34.8 Å². The van der Waals surface area contributed by atoms with Gasteiger partial charge in [0.15, 0.2) is 0 Å². The molecule has 2 N–H and O–H groups in total. The molecule has 0 aliphatic heterocycles. The predicted octanol–water partition coefficient (Wildman–Crippen LogP) is 3.39. The quantitative estimate of drug-likeness (QED) is 0.662. The molecular weight excluding hydrogens is 382 g/mol. The number of benzene rings is 2. The molecule has 0 aliphatic carbocycles. The Morgan fingerprint density at radius 1 is 1.11 bits per heavy atom. The minimum atomic E-state index is -0.503. The highest BCUT2D eigenvalue weighted by Gasteiger charge is 2.16. The summed E-state index contributed by atoms with van der Waals surface area (Å²) in [5.74, 6) is -0.158. The molecule has 2 amide bonds. The summed E-state index contributed by atoms with van der Waals surface area (Å²) in [5.41, 5.74) is 1.48. The maximum atomic E-state index is 12.5. The zero-order valence-corrected chi connectivity index (χ0v) is 16.0. The number of methoxy groups -OCH3 is 1. The maximum Gasteiger partial charge on any atom is 0.259 e. The number of amides is 2. The van der Waals surface area contributed by atoms with Crippen LogP contribution in [0.3, 0.4) is 0 Å². The van der Waals surface area contributed by atoms with Crippen LogP contribution < -0.4 is 15.4 Å². The highest BCUT2D eigenvalue weighted by molar-refractivity contribution is 6.31. The number of anilines is 2. The summed E-state index contributed by atoms with van der Waals surface area (Å²) in [4.78, 5) is 28.6. The Labute approximate surface area is 166 Å². The molecule has 0 fully saturated rings. The predicted molar refractivity (Wildman–Crippen MR) is 106 cm³/mol. The van der Waals surface area contributed by atoms with Gasteiger partial charge in [-0.1, -0.05) is 11.6 Å². The molecule has 8 nitrogen and oxygen atoms in total. The Kier molecular flexibility index (Phi) is 5.90. The molecule has 0 spiro atoms. The lowest BCUT2D eigenvalue weighted by Gasteiger charge is -2.13. The smallest absolute Gasteiger partial charge is 0.259 e. The second kappa shape index (κ2) is 8.53. The molecule has 1 heterocycles. The van der Waals surface area contributed by atoms with Crippen LogP contribution in [0.4, 0.5) is 11.4 Å². The summed E-state index contributed by atoms with van der Waals surface area (Å²) in [6.07, 6.45) is 2.85. The van der Waals surface area contributed by atoms with Gasteiger partial charge in [-0.05, 0) is 49.4 Å². The lowest BCUT2D eigenvalue weighted by Crippen LogP contribution is -2.24. The fourth-order valence-electron chi connectivity index (χ4n) is 2.48. The van der Waals surface area contributed by atoms with Crippen LogP contribution in [-0.4, -0.2) is 33.7 Å². The van der Waals surface area contributed by atoms with Crippen molar-refractivity contribution in [2.45, 2.75) is 13.0 Å². The van der Waals surface area contributed by atoms with E-state index in [0.717, 1.165) is 0 Å². The van der Waals surface area contributed by atoms with E-state index in [1.807, 2.05) is 0 Å². The van der Waals surface area contributed by atoms with Gasteiger partial charge in [-0.2, -0.15) is 5.10 Å². The molecule has 2 aromatic carbocycles. The third-order valence-corrected chi connectivity index (χ3v) is 4.26. The molecule has 0 saturated heterocycles. The SMILES string of the molecule is COc1ccc(Cl)cc1C(=O)Nc1ccc(NC(=O)[C@H](C)n2cncn2)cc1. The monoisotopic (exact) mass is 399 g/mol. The van der Waals surface area contributed by atoms with E-state index >= 15 is 0 Å². The number of carbonyl (C=O) groups is 2. The highest BCUT2D eigenvalue weighted by atomic mass is 35.5. The van der Waals surface area contributed by atoms with Crippen LogP contribution >= 0.6 is 11.6 Å². The Morgan fingerprint density at radius 2 is 1.79 bits per heavy atom. The van der Waals surface area contributed by atoms with Gasteiger partial charge in [-0.3, -0.25) is 9.59 Å². The second-order valence-electron chi connectivity index (χ2n) is 5.92. The van der Waals surface area contributed by atoms with Gasteiger partial charge >= 0.3 is 0 Å². The largest absolute Gasteiger partial charge is 0.496 e. The fraction of sp³-hybridized carbons (Fsp3) is 0.158. The first kappa shape index (κ1) is 19.4. The molecule has 3 aromatic rings. The van der Waals surface area contributed by atoms with Crippen molar-refractivity contribution < 1.29 is 14.3 Å². The van der Waals surface area contributed by atoms with Gasteiger partial charge in [0.05, 0.1) is 12.7 Å². The number of hydrogen-bond acceptors (Lipinski definition) is 5. The number of aromatic nitrogens is 3. The third kappa shape index (κ3) is 4.47. The van der Waals surface area contributed by atoms with Crippen LogP contribution in [0.25, 0.3) is 0 Å². The number of nitrogens with one attached hydrogen (secondary N) is 2. The van der Waals surface area contributed by atoms with Gasteiger partial charge in [0, 0.05) is 16.4 Å². The molecule has 28 heavy (non-hydrogen) atoms. The molecular formula is C19H18ClN5O3. The first-order chi connectivity index (χ1) is 13.5. The first-order valence-corrected chi connectivity index (χ1v) is 8.75. The van der Waals surface area contributed by atoms with E-state index < -0.39 is 6.04 Å². The van der Waals surface area contributed by atoms with E-state index in [-0.39, 0.29) is 11.8 Å². The molecule has 9 heteroatoms. The van der Waals surface area contributed by atoms with E-state index in [1.165, 1.54) is 30.5 Å². The zero-order valence-electron chi connectivity index (χ0n) is 15.2. The highest BCUT2D eigenvalue weighted by Crippen LogP contribution is 2.24. The van der Waals surface area contributed by atoms with Crippen molar-refractivity contribution in [3.8, 4) is 5.75 Å². The molecule has 1 atom stereocenters. The lowest BCUT2D eigenvalue weighted by atomic mass is 10.1. The molecule has 0 bridgehead atoms. The van der Waals surface area contributed by atoms with Crippen LogP contribution in [0.2, 0.25) is 5.02 Å². The van der Waals surface area contributed by atoms with Crippen LogP contribution in [0.1, 0.15) is 23.3 Å². The average Bonchev–Trinajstić information content (AvgIpc) is 3.23. The lowest BCUT2D eigenvalue weighted by molar-refractivity contribution is -0.119. The van der Waals surface area contributed by atoms with Crippen molar-refractivity contribution in [1.82, 2.24) is 14.8 Å². The summed E-state index contributed by atoms with van der Waals surface area (Å²) in [7, 11) is 1.48. The summed E-state index contributed by atoms with van der Waals surface area (Å²) in [6.45, 7) is 1.72. The van der Waals surface area contributed by atoms with Crippen molar-refractivity contribution in [2.75, 3.05) is 17.7 Å². The molecule has 0 radical (unpaired) electrons. The van der Waals surface area contributed by atoms with Crippen molar-refractivity contribution in [2.24, 2.45) is 0 Å². The standard InChI is InChI=1S/C19H18ClN5O3/c1-12(25-11-21-10-22-25)18(26)23-14-4-6-15(7-5-14)24-19(27)16-9-13(20)3-8-17(16)28-2/h3-12H,1-2H3,(H,23,26)(H,24,27)/t12-/m0/s1. The number of ether oxygens (including phenoxy) is 1. The van der Waals surface area contributed by atoms with E-state index in [1.54, 1.807) is 43.3 Å². The van der Waals surface area contributed by atoms with Gasteiger partial charge in [0.2, 0.25) is 5.91 Å². The maximum absolute atomic E-state index is 12.5. The Bertz CT molecular complexity index is 974. The molecule has 144 valence electrons. The summed E-state index contributed by atoms with van der Waals surface area (Å²) < 4.78 is 6.66. The number of nitrogens with zero attached hydrogens (tertiary/aromatic N) is 3. The summed E-state index contributed by atoms with van der Waals surface area (Å²) >= 11 is 5.97. The topological polar surface area (TPSA) is 98.1 Å². The fourth-order valence-corrected chi connectivity index (χ4v) is 2.65. The van der Waals surface area contributed by atoms with Crippen LogP contribution in [-0.2, 0) is 4.79 Å². The van der Waals surface area contributed by atoms with Gasteiger partial charge in [-0.25, -0.2) is 9.67 Å². The number of rotatable bonds is 6. The minimum absolute atomic E-state index is 0.231. The third-order valence-electron chi connectivity index (χ3n) is 4.03. The molecule has 0 unspecified atom stereocenters. The molecule has 3 rings (SSSR count). The van der Waals surface area contributed by atoms with Crippen LogP contribution in [0.5, 0.6) is 5.75 Å². The van der Waals surface area contributed by atoms with Crippen LogP contribution in [0.15, 0.2) is 55.1 Å². The van der Waals surface area contributed by atoms with Crippen molar-refractivity contribution in [3.05, 3.63) is 65.7 Å². The van der Waals surface area contributed by atoms with Gasteiger partial charge < -0.3 is 15.4 Å². The number of halogens is 1. The van der Waals surface area contributed by atoms with E-state index in [0.29, 0.717) is 27.7 Å². The summed E-state index contributed by atoms with van der Waals surface area (Å²) in [6, 6.07) is 11.1. The van der Waals surface area contributed by atoms with Gasteiger partial charge in [0.25, 0.3) is 5.91 Å². The summed E-state index contributed by atoms with van der Waals surface area (Å²) in [5, 5.41) is 9.95. The zero-order chi connectivity index (χ0) is 20.1. The minimum Gasteiger partial charge on any atom is -0.496 e. The van der Waals surface area contributed by atoms with Crippen LogP contribution in [0, 0.1) is 0 Å².